The first-order valence-corrected chi connectivity index (χ1v) is 4.73. The number of hydrogen-bond acceptors (Lipinski definition) is 2. The molecule has 100 valence electrons. The molecule has 15 heavy (non-hydrogen) atoms. The van der Waals surface area contributed by atoms with Gasteiger partial charge in [0.05, 0.1) is 6.67 Å². The Hall–Kier alpha value is -0.0800. The van der Waals surface area contributed by atoms with Crippen molar-refractivity contribution in [1.82, 2.24) is 9.80 Å². The van der Waals surface area contributed by atoms with Gasteiger partial charge in [-0.1, -0.05) is 57.4 Å². The van der Waals surface area contributed by atoms with E-state index in [1.807, 2.05) is 0 Å². The standard InChI is InChI=1S/C9H22N2.4CH4/c1-5-10(6-2)9-11(7-3)8-4;;;;/h5-9H2,1-4H3;4*1H4. The lowest BCUT2D eigenvalue weighted by Crippen LogP contribution is -2.37. The predicted molar refractivity (Wildman–Crippen MR) is 77.6 cm³/mol. The second-order valence-electron chi connectivity index (χ2n) is 2.75. The molecule has 0 aliphatic carbocycles. The van der Waals surface area contributed by atoms with Crippen LogP contribution in [0.3, 0.4) is 0 Å². The minimum Gasteiger partial charge on any atom is -0.291 e. The molecule has 0 aliphatic rings. The van der Waals surface area contributed by atoms with Crippen LogP contribution >= 0.6 is 0 Å². The zero-order chi connectivity index (χ0) is 8.69. The van der Waals surface area contributed by atoms with E-state index in [-0.39, 0.29) is 29.7 Å². The van der Waals surface area contributed by atoms with Crippen LogP contribution in [0.25, 0.3) is 0 Å². The summed E-state index contributed by atoms with van der Waals surface area (Å²) >= 11 is 0. The summed E-state index contributed by atoms with van der Waals surface area (Å²) in [6.45, 7) is 14.6. The fraction of sp³-hybridized carbons (Fsp3) is 1.00. The van der Waals surface area contributed by atoms with E-state index in [1.165, 1.54) is 0 Å². The van der Waals surface area contributed by atoms with Crippen molar-refractivity contribution in [3.05, 3.63) is 0 Å². The van der Waals surface area contributed by atoms with Crippen molar-refractivity contribution in [3.63, 3.8) is 0 Å². The Morgan fingerprint density at radius 2 is 0.733 bits per heavy atom. The van der Waals surface area contributed by atoms with Gasteiger partial charge >= 0.3 is 0 Å². The zero-order valence-corrected chi connectivity index (χ0v) is 8.43. The first-order chi connectivity index (χ1) is 5.28. The lowest BCUT2D eigenvalue weighted by atomic mass is 10.5. The average Bonchev–Trinajstić information content (AvgIpc) is 2.07. The van der Waals surface area contributed by atoms with Crippen molar-refractivity contribution in [1.29, 1.82) is 0 Å². The molecule has 0 aliphatic heterocycles. The summed E-state index contributed by atoms with van der Waals surface area (Å²) < 4.78 is 0. The van der Waals surface area contributed by atoms with Crippen molar-refractivity contribution in [2.75, 3.05) is 32.8 Å². The van der Waals surface area contributed by atoms with Gasteiger partial charge in [-0.3, -0.25) is 9.80 Å². The van der Waals surface area contributed by atoms with Crippen LogP contribution in [0.15, 0.2) is 0 Å². The Balaban J connectivity index is -0.0000000833. The summed E-state index contributed by atoms with van der Waals surface area (Å²) in [6.07, 6.45) is 0. The Bertz CT molecular complexity index is 66.6. The van der Waals surface area contributed by atoms with E-state index in [0.717, 1.165) is 32.8 Å². The Morgan fingerprint density at radius 3 is 0.867 bits per heavy atom. The van der Waals surface area contributed by atoms with Crippen LogP contribution in [0.2, 0.25) is 0 Å². The van der Waals surface area contributed by atoms with Gasteiger partial charge in [0.1, 0.15) is 0 Å². The zero-order valence-electron chi connectivity index (χ0n) is 8.43. The van der Waals surface area contributed by atoms with Crippen LogP contribution in [-0.4, -0.2) is 42.6 Å². The van der Waals surface area contributed by atoms with E-state index in [1.54, 1.807) is 0 Å². The molecule has 0 saturated carbocycles. The summed E-state index contributed by atoms with van der Waals surface area (Å²) in [5.41, 5.74) is 0. The van der Waals surface area contributed by atoms with Gasteiger partial charge in [0, 0.05) is 0 Å². The second kappa shape index (κ2) is 19.5. The molecule has 0 rings (SSSR count). The van der Waals surface area contributed by atoms with E-state index in [0.29, 0.717) is 0 Å². The molecule has 0 unspecified atom stereocenters. The highest BCUT2D eigenvalue weighted by Crippen LogP contribution is 1.92. The van der Waals surface area contributed by atoms with E-state index in [2.05, 4.69) is 37.5 Å². The summed E-state index contributed by atoms with van der Waals surface area (Å²) in [5.74, 6) is 0. The largest absolute Gasteiger partial charge is 0.291 e. The van der Waals surface area contributed by atoms with Crippen LogP contribution in [0, 0.1) is 0 Å². The molecule has 0 radical (unpaired) electrons. The fourth-order valence-electron chi connectivity index (χ4n) is 1.13. The number of rotatable bonds is 6. The van der Waals surface area contributed by atoms with E-state index in [4.69, 9.17) is 0 Å². The molecule has 2 heteroatoms. The van der Waals surface area contributed by atoms with Crippen molar-refractivity contribution in [2.45, 2.75) is 57.4 Å². The highest BCUT2D eigenvalue weighted by atomic mass is 15.3. The molecule has 0 spiro atoms. The Kier molecular flexibility index (Phi) is 38.2. The van der Waals surface area contributed by atoms with E-state index >= 15 is 0 Å². The van der Waals surface area contributed by atoms with Crippen LogP contribution in [0.1, 0.15) is 57.4 Å². The smallest absolute Gasteiger partial charge is 0.0505 e. The lowest BCUT2D eigenvalue weighted by Gasteiger charge is -2.26. The Morgan fingerprint density at radius 1 is 0.533 bits per heavy atom. The average molecular weight is 222 g/mol. The molecular formula is C13H38N2. The third-order valence-corrected chi connectivity index (χ3v) is 2.19. The molecule has 2 nitrogen and oxygen atoms in total. The molecule has 0 N–H and O–H groups in total. The summed E-state index contributed by atoms with van der Waals surface area (Å²) in [6, 6.07) is 0. The van der Waals surface area contributed by atoms with Gasteiger partial charge in [-0.05, 0) is 26.2 Å². The third-order valence-electron chi connectivity index (χ3n) is 2.19. The van der Waals surface area contributed by atoms with Crippen molar-refractivity contribution in [3.8, 4) is 0 Å². The van der Waals surface area contributed by atoms with Crippen LogP contribution in [0.4, 0.5) is 0 Å². The van der Waals surface area contributed by atoms with Gasteiger partial charge in [0.25, 0.3) is 0 Å². The minimum absolute atomic E-state index is 0. The maximum absolute atomic E-state index is 2.44. The van der Waals surface area contributed by atoms with Gasteiger partial charge in [-0.25, -0.2) is 0 Å². The van der Waals surface area contributed by atoms with Crippen molar-refractivity contribution < 1.29 is 0 Å². The van der Waals surface area contributed by atoms with Gasteiger partial charge in [0.15, 0.2) is 0 Å². The molecular weight excluding hydrogens is 184 g/mol. The number of hydrogen-bond donors (Lipinski definition) is 0. The predicted octanol–water partition coefficient (Wildman–Crippen LogP) is 4.17. The highest BCUT2D eigenvalue weighted by Gasteiger charge is 2.03. The van der Waals surface area contributed by atoms with Gasteiger partial charge < -0.3 is 0 Å². The lowest BCUT2D eigenvalue weighted by molar-refractivity contribution is 0.152. The SMILES string of the molecule is C.C.C.C.CCN(CC)CN(CC)CC. The maximum Gasteiger partial charge on any atom is 0.0505 e. The first kappa shape index (κ1) is 29.4. The second-order valence-corrected chi connectivity index (χ2v) is 2.75. The fourth-order valence-corrected chi connectivity index (χ4v) is 1.13. The summed E-state index contributed by atoms with van der Waals surface area (Å²) in [4.78, 5) is 4.88. The summed E-state index contributed by atoms with van der Waals surface area (Å²) in [5, 5.41) is 0. The molecule has 0 heterocycles. The normalized spacial score (nSPS) is 8.40. The molecule has 0 aromatic heterocycles. The van der Waals surface area contributed by atoms with Crippen LogP contribution in [-0.2, 0) is 0 Å². The monoisotopic (exact) mass is 222 g/mol. The van der Waals surface area contributed by atoms with E-state index < -0.39 is 0 Å². The third kappa shape index (κ3) is 13.9. The highest BCUT2D eigenvalue weighted by molar-refractivity contribution is 4.53. The Labute approximate surface area is 101 Å². The molecule has 0 atom stereocenters. The molecule has 0 fully saturated rings. The molecule has 0 amide bonds. The maximum atomic E-state index is 2.44. The first-order valence-electron chi connectivity index (χ1n) is 4.73. The molecule has 0 aromatic carbocycles. The molecule has 0 bridgehead atoms. The van der Waals surface area contributed by atoms with Crippen LogP contribution in [0.5, 0.6) is 0 Å². The summed E-state index contributed by atoms with van der Waals surface area (Å²) in [7, 11) is 0. The molecule has 0 saturated heterocycles. The quantitative estimate of drug-likeness (QED) is 0.622. The van der Waals surface area contributed by atoms with Crippen LogP contribution < -0.4 is 0 Å². The van der Waals surface area contributed by atoms with Gasteiger partial charge in [-0.2, -0.15) is 0 Å². The molecule has 0 aromatic rings. The van der Waals surface area contributed by atoms with Gasteiger partial charge in [0.2, 0.25) is 0 Å². The van der Waals surface area contributed by atoms with Gasteiger partial charge in [-0.15, -0.1) is 0 Å². The number of nitrogens with zero attached hydrogens (tertiary/aromatic N) is 2. The minimum atomic E-state index is 0. The van der Waals surface area contributed by atoms with Crippen molar-refractivity contribution in [2.24, 2.45) is 0 Å². The topological polar surface area (TPSA) is 6.48 Å². The van der Waals surface area contributed by atoms with Crippen molar-refractivity contribution >= 4 is 0 Å². The van der Waals surface area contributed by atoms with E-state index in [9.17, 15) is 0 Å².